The summed E-state index contributed by atoms with van der Waals surface area (Å²) in [5.41, 5.74) is 4.55. The number of thiazole rings is 1. The summed E-state index contributed by atoms with van der Waals surface area (Å²) in [4.78, 5) is 22.8. The molecule has 5 aromatic rings. The molecular weight excluding hydrogens is 408 g/mol. The zero-order valence-corrected chi connectivity index (χ0v) is 17.5. The third kappa shape index (κ3) is 3.27. The lowest BCUT2D eigenvalue weighted by molar-refractivity contribution is 0.191. The standard InChI is InChI=1S/C24H20N4O2S/c29-24(28-12-11-19-17(14-28)16-5-1-2-6-18(16)26-19)25-13-15-9-10-21(30-15)23-27-20-7-3-4-8-22(20)31-23/h1-10,26H,11-14H2,(H,25,29). The Morgan fingerprint density at radius 2 is 2.00 bits per heavy atom. The monoisotopic (exact) mass is 428 g/mol. The zero-order chi connectivity index (χ0) is 20.8. The molecule has 0 saturated heterocycles. The van der Waals surface area contributed by atoms with Gasteiger partial charge in [-0.15, -0.1) is 11.3 Å². The van der Waals surface area contributed by atoms with Crippen LogP contribution < -0.4 is 5.32 Å². The number of hydrogen-bond donors (Lipinski definition) is 2. The van der Waals surface area contributed by atoms with E-state index in [0.717, 1.165) is 32.9 Å². The number of aromatic nitrogens is 2. The first-order chi connectivity index (χ1) is 15.2. The lowest BCUT2D eigenvalue weighted by Crippen LogP contribution is -2.42. The third-order valence-corrected chi connectivity index (χ3v) is 6.80. The van der Waals surface area contributed by atoms with Crippen molar-refractivity contribution < 1.29 is 9.21 Å². The van der Waals surface area contributed by atoms with E-state index in [-0.39, 0.29) is 6.03 Å². The smallest absolute Gasteiger partial charge is 0.318 e. The average Bonchev–Trinajstić information content (AvgIpc) is 3.53. The number of benzene rings is 2. The van der Waals surface area contributed by atoms with Crippen molar-refractivity contribution in [1.82, 2.24) is 20.2 Å². The van der Waals surface area contributed by atoms with Gasteiger partial charge in [0.05, 0.1) is 16.8 Å². The lowest BCUT2D eigenvalue weighted by atomic mass is 10.0. The van der Waals surface area contributed by atoms with Gasteiger partial charge in [0.15, 0.2) is 10.8 Å². The summed E-state index contributed by atoms with van der Waals surface area (Å²) in [5.74, 6) is 1.44. The number of urea groups is 1. The number of amides is 2. The van der Waals surface area contributed by atoms with Crippen molar-refractivity contribution in [2.24, 2.45) is 0 Å². The fourth-order valence-electron chi connectivity index (χ4n) is 4.18. The topological polar surface area (TPSA) is 74.2 Å². The van der Waals surface area contributed by atoms with Crippen molar-refractivity contribution in [2.75, 3.05) is 6.54 Å². The molecule has 0 unspecified atom stereocenters. The van der Waals surface area contributed by atoms with E-state index in [1.807, 2.05) is 47.4 Å². The number of fused-ring (bicyclic) bond motifs is 4. The molecule has 154 valence electrons. The Bertz CT molecular complexity index is 1380. The second kappa shape index (κ2) is 7.28. The SMILES string of the molecule is O=C(NCc1ccc(-c2nc3ccccc3s2)o1)N1CCc2[nH]c3ccccc3c2C1. The number of aromatic amines is 1. The predicted molar refractivity (Wildman–Crippen MR) is 122 cm³/mol. The molecule has 0 spiro atoms. The van der Waals surface area contributed by atoms with Crippen molar-refractivity contribution >= 4 is 38.5 Å². The lowest BCUT2D eigenvalue weighted by Gasteiger charge is -2.27. The number of carbonyl (C=O) groups excluding carboxylic acids is 1. The van der Waals surface area contributed by atoms with Gasteiger partial charge < -0.3 is 19.6 Å². The molecule has 6 nitrogen and oxygen atoms in total. The fraction of sp³-hybridized carbons (Fsp3) is 0.167. The Balaban J connectivity index is 1.13. The van der Waals surface area contributed by atoms with Gasteiger partial charge in [0, 0.05) is 41.7 Å². The molecule has 0 atom stereocenters. The fourth-order valence-corrected chi connectivity index (χ4v) is 5.11. The Kier molecular flexibility index (Phi) is 4.28. The minimum absolute atomic E-state index is 0.0751. The van der Waals surface area contributed by atoms with Gasteiger partial charge in [-0.05, 0) is 30.3 Å². The maximum atomic E-state index is 12.8. The van der Waals surface area contributed by atoms with Crippen LogP contribution in [0.2, 0.25) is 0 Å². The van der Waals surface area contributed by atoms with Crippen LogP contribution in [0.15, 0.2) is 65.1 Å². The Morgan fingerprint density at radius 3 is 2.94 bits per heavy atom. The van der Waals surface area contributed by atoms with Crippen molar-refractivity contribution in [1.29, 1.82) is 0 Å². The van der Waals surface area contributed by atoms with Gasteiger partial charge >= 0.3 is 6.03 Å². The van der Waals surface area contributed by atoms with E-state index in [1.54, 1.807) is 11.3 Å². The van der Waals surface area contributed by atoms with Crippen LogP contribution in [0.3, 0.4) is 0 Å². The molecule has 4 heterocycles. The van der Waals surface area contributed by atoms with E-state index in [4.69, 9.17) is 4.42 Å². The molecule has 1 aliphatic rings. The predicted octanol–water partition coefficient (Wildman–Crippen LogP) is 5.31. The molecule has 6 rings (SSSR count). The maximum Gasteiger partial charge on any atom is 0.318 e. The molecule has 7 heteroatoms. The molecule has 0 radical (unpaired) electrons. The molecule has 0 fully saturated rings. The highest BCUT2D eigenvalue weighted by Gasteiger charge is 2.24. The molecule has 2 amide bonds. The van der Waals surface area contributed by atoms with Crippen molar-refractivity contribution in [2.45, 2.75) is 19.5 Å². The quantitative estimate of drug-likeness (QED) is 0.409. The van der Waals surface area contributed by atoms with Gasteiger partial charge in [0.2, 0.25) is 0 Å². The number of hydrogen-bond acceptors (Lipinski definition) is 4. The summed E-state index contributed by atoms with van der Waals surface area (Å²) in [6, 6.07) is 20.0. The number of rotatable bonds is 3. The first kappa shape index (κ1) is 18.2. The van der Waals surface area contributed by atoms with Crippen LogP contribution in [0, 0.1) is 0 Å². The number of H-pyrrole nitrogens is 1. The van der Waals surface area contributed by atoms with Gasteiger partial charge in [0.1, 0.15) is 5.76 Å². The first-order valence-corrected chi connectivity index (χ1v) is 11.1. The minimum atomic E-state index is -0.0751. The van der Waals surface area contributed by atoms with Gasteiger partial charge in [-0.2, -0.15) is 0 Å². The molecule has 1 aliphatic heterocycles. The van der Waals surface area contributed by atoms with Gasteiger partial charge in [-0.25, -0.2) is 9.78 Å². The van der Waals surface area contributed by atoms with Gasteiger partial charge in [-0.3, -0.25) is 0 Å². The van der Waals surface area contributed by atoms with Crippen LogP contribution >= 0.6 is 11.3 Å². The van der Waals surface area contributed by atoms with Crippen molar-refractivity contribution in [3.8, 4) is 10.8 Å². The molecule has 2 aromatic carbocycles. The van der Waals surface area contributed by atoms with Crippen molar-refractivity contribution in [3.05, 3.63) is 77.7 Å². The highest BCUT2D eigenvalue weighted by atomic mass is 32.1. The van der Waals surface area contributed by atoms with E-state index < -0.39 is 0 Å². The summed E-state index contributed by atoms with van der Waals surface area (Å²) < 4.78 is 7.08. The number of nitrogens with one attached hydrogen (secondary N) is 2. The first-order valence-electron chi connectivity index (χ1n) is 10.3. The Labute approximate surface area is 182 Å². The molecular formula is C24H20N4O2S. The van der Waals surface area contributed by atoms with Crippen LogP contribution in [0.5, 0.6) is 0 Å². The second-order valence-electron chi connectivity index (χ2n) is 7.71. The van der Waals surface area contributed by atoms with E-state index >= 15 is 0 Å². The third-order valence-electron chi connectivity index (χ3n) is 5.75. The highest BCUT2D eigenvalue weighted by molar-refractivity contribution is 7.21. The normalized spacial score (nSPS) is 13.6. The minimum Gasteiger partial charge on any atom is -0.457 e. The number of furan rings is 1. The highest BCUT2D eigenvalue weighted by Crippen LogP contribution is 2.31. The van der Waals surface area contributed by atoms with Gasteiger partial charge in [-0.1, -0.05) is 30.3 Å². The second-order valence-corrected chi connectivity index (χ2v) is 8.74. The number of para-hydroxylation sites is 2. The molecule has 31 heavy (non-hydrogen) atoms. The summed E-state index contributed by atoms with van der Waals surface area (Å²) in [6.45, 7) is 1.65. The number of nitrogens with zero attached hydrogens (tertiary/aromatic N) is 2. The van der Waals surface area contributed by atoms with E-state index in [1.165, 1.54) is 16.6 Å². The summed E-state index contributed by atoms with van der Waals surface area (Å²) in [7, 11) is 0. The average molecular weight is 429 g/mol. The molecule has 3 aromatic heterocycles. The molecule has 0 saturated carbocycles. The van der Waals surface area contributed by atoms with Crippen LogP contribution in [-0.4, -0.2) is 27.4 Å². The summed E-state index contributed by atoms with van der Waals surface area (Å²) in [6.07, 6.45) is 0.833. The molecule has 0 bridgehead atoms. The van der Waals surface area contributed by atoms with Crippen LogP contribution in [0.25, 0.3) is 31.9 Å². The summed E-state index contributed by atoms with van der Waals surface area (Å²) >= 11 is 1.60. The van der Waals surface area contributed by atoms with Crippen LogP contribution in [0.4, 0.5) is 4.79 Å². The zero-order valence-electron chi connectivity index (χ0n) is 16.7. The van der Waals surface area contributed by atoms with Gasteiger partial charge in [0.25, 0.3) is 0 Å². The maximum absolute atomic E-state index is 12.8. The Morgan fingerprint density at radius 1 is 1.13 bits per heavy atom. The van der Waals surface area contributed by atoms with E-state index in [2.05, 4.69) is 33.5 Å². The van der Waals surface area contributed by atoms with Crippen LogP contribution in [-0.2, 0) is 19.5 Å². The molecule has 0 aliphatic carbocycles. The van der Waals surface area contributed by atoms with Crippen molar-refractivity contribution in [3.63, 3.8) is 0 Å². The Hall–Kier alpha value is -3.58. The number of carbonyl (C=O) groups is 1. The summed E-state index contributed by atoms with van der Waals surface area (Å²) in [5, 5.41) is 5.04. The van der Waals surface area contributed by atoms with Crippen LogP contribution in [0.1, 0.15) is 17.0 Å². The van der Waals surface area contributed by atoms with E-state index in [9.17, 15) is 4.79 Å². The largest absolute Gasteiger partial charge is 0.457 e. The van der Waals surface area contributed by atoms with E-state index in [0.29, 0.717) is 25.4 Å². The molecule has 2 N–H and O–H groups in total.